The maximum absolute atomic E-state index is 12.8. The number of rotatable bonds is 4. The van der Waals surface area contributed by atoms with Crippen LogP contribution in [-0.4, -0.2) is 57.4 Å². The van der Waals surface area contributed by atoms with Crippen molar-refractivity contribution < 1.29 is 9.59 Å². The Kier molecular flexibility index (Phi) is 5.05. The van der Waals surface area contributed by atoms with Crippen molar-refractivity contribution in [3.8, 4) is 0 Å². The molecule has 6 nitrogen and oxygen atoms in total. The molecule has 0 saturated carbocycles. The third-order valence-electron chi connectivity index (χ3n) is 6.93. The summed E-state index contributed by atoms with van der Waals surface area (Å²) in [7, 11) is 0. The zero-order chi connectivity index (χ0) is 22.5. The molecule has 166 valence electrons. The highest BCUT2D eigenvalue weighted by atomic mass is 16.2. The molecule has 1 aromatic heterocycles. The highest BCUT2D eigenvalue weighted by Gasteiger charge is 2.47. The number of carbonyl (C=O) groups is 2. The number of aromatic nitrogens is 1. The van der Waals surface area contributed by atoms with Gasteiger partial charge in [-0.3, -0.25) is 14.5 Å². The van der Waals surface area contributed by atoms with Crippen LogP contribution in [0.5, 0.6) is 0 Å². The van der Waals surface area contributed by atoms with Crippen LogP contribution in [-0.2, 0) is 22.7 Å². The van der Waals surface area contributed by atoms with Crippen LogP contribution in [0.1, 0.15) is 30.7 Å². The van der Waals surface area contributed by atoms with E-state index in [1.165, 1.54) is 27.7 Å². The van der Waals surface area contributed by atoms with Gasteiger partial charge in [0.15, 0.2) is 0 Å². The molecule has 2 amide bonds. The largest absolute Gasteiger partial charge is 0.340 e. The fraction of sp³-hybridized carbons (Fsp3) is 0.385. The summed E-state index contributed by atoms with van der Waals surface area (Å²) in [6.07, 6.45) is 0. The molecular weight excluding hydrogens is 400 g/mol. The van der Waals surface area contributed by atoms with Gasteiger partial charge in [-0.2, -0.15) is 0 Å². The number of amides is 2. The minimum atomic E-state index is -0.822. The number of carbonyl (C=O) groups excluding carboxylic acids is 2. The van der Waals surface area contributed by atoms with E-state index in [0.717, 1.165) is 19.6 Å². The Morgan fingerprint density at radius 3 is 2.47 bits per heavy atom. The lowest BCUT2D eigenvalue weighted by molar-refractivity contribution is -0.157. The number of para-hydroxylation sites is 1. The molecule has 0 aliphatic carbocycles. The number of nitrogens with one attached hydrogen (secondary N) is 1. The van der Waals surface area contributed by atoms with Gasteiger partial charge in [0, 0.05) is 49.3 Å². The minimum absolute atomic E-state index is 0.0115. The first-order valence-electron chi connectivity index (χ1n) is 11.3. The maximum Gasteiger partial charge on any atom is 0.248 e. The summed E-state index contributed by atoms with van der Waals surface area (Å²) in [5.74, 6) is -0.0417. The molecule has 3 heterocycles. The third-order valence-corrected chi connectivity index (χ3v) is 6.93. The van der Waals surface area contributed by atoms with Gasteiger partial charge in [-0.15, -0.1) is 0 Å². The van der Waals surface area contributed by atoms with Gasteiger partial charge in [-0.25, -0.2) is 0 Å². The summed E-state index contributed by atoms with van der Waals surface area (Å²) in [5.41, 5.74) is 4.24. The molecule has 32 heavy (non-hydrogen) atoms. The average Bonchev–Trinajstić information content (AvgIpc) is 3.04. The molecular formula is C26H30N4O2. The number of benzene rings is 2. The van der Waals surface area contributed by atoms with Crippen LogP contribution in [0.15, 0.2) is 54.6 Å². The van der Waals surface area contributed by atoms with E-state index >= 15 is 0 Å². The van der Waals surface area contributed by atoms with Crippen LogP contribution in [0.3, 0.4) is 0 Å². The summed E-state index contributed by atoms with van der Waals surface area (Å²) < 4.78 is 2.38. The van der Waals surface area contributed by atoms with Crippen molar-refractivity contribution in [1.29, 1.82) is 0 Å². The molecule has 1 unspecified atom stereocenters. The van der Waals surface area contributed by atoms with Crippen LogP contribution in [0.4, 0.5) is 0 Å². The Morgan fingerprint density at radius 1 is 0.969 bits per heavy atom. The number of nitrogens with zero attached hydrogens (tertiary/aromatic N) is 3. The number of piperazine rings is 2. The third kappa shape index (κ3) is 3.48. The molecule has 2 saturated heterocycles. The van der Waals surface area contributed by atoms with Crippen molar-refractivity contribution in [2.45, 2.75) is 45.4 Å². The average molecular weight is 431 g/mol. The van der Waals surface area contributed by atoms with Crippen molar-refractivity contribution >= 4 is 22.7 Å². The summed E-state index contributed by atoms with van der Waals surface area (Å²) >= 11 is 0. The van der Waals surface area contributed by atoms with Crippen LogP contribution < -0.4 is 5.32 Å². The summed E-state index contributed by atoms with van der Waals surface area (Å²) in [5, 5.41) is 4.16. The van der Waals surface area contributed by atoms with Gasteiger partial charge in [0.1, 0.15) is 11.6 Å². The lowest BCUT2D eigenvalue weighted by Gasteiger charge is -2.47. The predicted molar refractivity (Wildman–Crippen MR) is 125 cm³/mol. The second-order valence-electron chi connectivity index (χ2n) is 9.52. The first-order valence-corrected chi connectivity index (χ1v) is 11.3. The van der Waals surface area contributed by atoms with E-state index in [4.69, 9.17) is 0 Å². The lowest BCUT2D eigenvalue weighted by Crippen LogP contribution is -2.72. The Hall–Kier alpha value is -3.12. The lowest BCUT2D eigenvalue weighted by atomic mass is 9.95. The molecule has 1 atom stereocenters. The second-order valence-corrected chi connectivity index (χ2v) is 9.52. The number of hydrogen-bond donors (Lipinski definition) is 1. The van der Waals surface area contributed by atoms with Gasteiger partial charge in [0.05, 0.1) is 0 Å². The number of fused-ring (bicyclic) bond motifs is 2. The SMILES string of the molecule is Cc1c(CN2CCN3C(=O)C(C)(C)NC(=O)C3C2)c2ccccc2n1Cc1ccccc1. The van der Waals surface area contributed by atoms with Crippen molar-refractivity contribution in [2.75, 3.05) is 19.6 Å². The molecule has 2 aliphatic rings. The van der Waals surface area contributed by atoms with Crippen molar-refractivity contribution in [2.24, 2.45) is 0 Å². The monoisotopic (exact) mass is 430 g/mol. The molecule has 5 rings (SSSR count). The summed E-state index contributed by atoms with van der Waals surface area (Å²) in [6, 6.07) is 18.7. The Labute approximate surface area is 188 Å². The van der Waals surface area contributed by atoms with Crippen LogP contribution in [0.2, 0.25) is 0 Å². The van der Waals surface area contributed by atoms with E-state index in [-0.39, 0.29) is 11.8 Å². The Bertz CT molecular complexity index is 1180. The molecule has 1 N–H and O–H groups in total. The highest BCUT2D eigenvalue weighted by Crippen LogP contribution is 2.29. The van der Waals surface area contributed by atoms with Gasteiger partial charge in [0.25, 0.3) is 0 Å². The van der Waals surface area contributed by atoms with E-state index in [1.54, 1.807) is 18.7 Å². The minimum Gasteiger partial charge on any atom is -0.340 e. The maximum atomic E-state index is 12.8. The van der Waals surface area contributed by atoms with Crippen molar-refractivity contribution in [3.05, 3.63) is 71.4 Å². The summed E-state index contributed by atoms with van der Waals surface area (Å²) in [4.78, 5) is 29.6. The molecule has 2 aromatic carbocycles. The van der Waals surface area contributed by atoms with Gasteiger partial charge in [0.2, 0.25) is 11.8 Å². The first kappa shape index (κ1) is 20.8. The molecule has 0 spiro atoms. The van der Waals surface area contributed by atoms with E-state index < -0.39 is 11.6 Å². The van der Waals surface area contributed by atoms with Crippen molar-refractivity contribution in [3.63, 3.8) is 0 Å². The second kappa shape index (κ2) is 7.78. The van der Waals surface area contributed by atoms with Gasteiger partial charge in [-0.1, -0.05) is 48.5 Å². The quantitative estimate of drug-likeness (QED) is 0.693. The Morgan fingerprint density at radius 2 is 1.69 bits per heavy atom. The zero-order valence-corrected chi connectivity index (χ0v) is 19.0. The van der Waals surface area contributed by atoms with Crippen LogP contribution in [0, 0.1) is 6.92 Å². The highest BCUT2D eigenvalue weighted by molar-refractivity contribution is 5.99. The fourth-order valence-electron chi connectivity index (χ4n) is 5.15. The van der Waals surface area contributed by atoms with Crippen LogP contribution >= 0.6 is 0 Å². The Balaban J connectivity index is 1.42. The van der Waals surface area contributed by atoms with Crippen LogP contribution in [0.25, 0.3) is 10.9 Å². The normalized spacial score (nSPS) is 21.0. The number of hydrogen-bond acceptors (Lipinski definition) is 3. The van der Waals surface area contributed by atoms with E-state index in [9.17, 15) is 9.59 Å². The topological polar surface area (TPSA) is 57.6 Å². The van der Waals surface area contributed by atoms with Crippen molar-refractivity contribution in [1.82, 2.24) is 19.7 Å². The standard InChI is InChI=1S/C26H30N4O2/c1-18-21(16-28-13-14-29-23(17-28)24(31)27-26(2,3)25(29)32)20-11-7-8-12-22(20)30(18)15-19-9-5-4-6-10-19/h4-12,23H,13-17H2,1-3H3,(H,27,31). The molecule has 0 bridgehead atoms. The molecule has 6 heteroatoms. The summed E-state index contributed by atoms with van der Waals surface area (Å²) in [6.45, 7) is 9.25. The van der Waals surface area contributed by atoms with Gasteiger partial charge in [-0.05, 0) is 38.0 Å². The van der Waals surface area contributed by atoms with Gasteiger partial charge < -0.3 is 14.8 Å². The smallest absolute Gasteiger partial charge is 0.248 e. The fourth-order valence-corrected chi connectivity index (χ4v) is 5.15. The zero-order valence-electron chi connectivity index (χ0n) is 19.0. The first-order chi connectivity index (χ1) is 15.3. The van der Waals surface area contributed by atoms with E-state index in [0.29, 0.717) is 13.1 Å². The van der Waals surface area contributed by atoms with E-state index in [2.05, 4.69) is 70.2 Å². The molecule has 2 fully saturated rings. The van der Waals surface area contributed by atoms with Gasteiger partial charge >= 0.3 is 0 Å². The molecule has 0 radical (unpaired) electrons. The molecule has 2 aliphatic heterocycles. The van der Waals surface area contributed by atoms with E-state index in [1.807, 2.05) is 6.07 Å². The predicted octanol–water partition coefficient (Wildman–Crippen LogP) is 2.92. The molecule has 3 aromatic rings.